The van der Waals surface area contributed by atoms with Crippen LogP contribution in [0.2, 0.25) is 0 Å². The molecule has 3 aromatic rings. The van der Waals surface area contributed by atoms with Crippen LogP contribution in [0.5, 0.6) is 0 Å². The average Bonchev–Trinajstić information content (AvgIpc) is 3.05. The molecule has 0 aliphatic heterocycles. The minimum Gasteiger partial charge on any atom is -1.00 e. The van der Waals surface area contributed by atoms with Crippen LogP contribution in [0, 0.1) is 0 Å². The molecule has 0 saturated carbocycles. The van der Waals surface area contributed by atoms with Crippen molar-refractivity contribution in [2.75, 3.05) is 0 Å². The Bertz CT molecular complexity index is 812. The Balaban J connectivity index is 0.000000735. The molecule has 0 bridgehead atoms. The van der Waals surface area contributed by atoms with Gasteiger partial charge in [-0.1, -0.05) is 65.8 Å². The number of hydrogen-bond acceptors (Lipinski definition) is 0. The fourth-order valence-electron chi connectivity index (χ4n) is 2.91. The molecule has 1 aliphatic rings. The Morgan fingerprint density at radius 2 is 1.62 bits per heavy atom. The topological polar surface area (TPSA) is 0 Å². The minimum atomic E-state index is 0. The zero-order valence-electron chi connectivity index (χ0n) is 11.3. The van der Waals surface area contributed by atoms with E-state index in [4.69, 9.17) is 0 Å². The van der Waals surface area contributed by atoms with Gasteiger partial charge < -0.3 is 34.0 Å². The van der Waals surface area contributed by atoms with Gasteiger partial charge in [-0.15, -0.1) is 33.7 Å². The minimum absolute atomic E-state index is 0. The van der Waals surface area contributed by atoms with Crippen LogP contribution < -0.4 is 34.0 Å². The summed E-state index contributed by atoms with van der Waals surface area (Å²) < 4.78 is 0. The van der Waals surface area contributed by atoms with Gasteiger partial charge >= 0.3 is 0 Å². The first-order valence-corrected chi connectivity index (χ1v) is 6.37. The van der Waals surface area contributed by atoms with E-state index in [1.165, 1.54) is 32.7 Å². The Kier molecular flexibility index (Phi) is 6.89. The number of halogens is 2. The van der Waals surface area contributed by atoms with Crippen LogP contribution in [0.15, 0.2) is 66.8 Å². The predicted molar refractivity (Wildman–Crippen MR) is 78.8 cm³/mol. The van der Waals surface area contributed by atoms with Gasteiger partial charge in [0.25, 0.3) is 0 Å². The number of allylic oxidation sites excluding steroid dienone is 4. The summed E-state index contributed by atoms with van der Waals surface area (Å²) in [6, 6.07) is 17.6. The van der Waals surface area contributed by atoms with Gasteiger partial charge in [0.05, 0.1) is 0 Å². The van der Waals surface area contributed by atoms with Crippen LogP contribution in [0.1, 0.15) is 12.0 Å². The molecular weight excluding hydrogens is 554 g/mol. The summed E-state index contributed by atoms with van der Waals surface area (Å²) in [5.41, 5.74) is 2.81. The molecule has 4 rings (SSSR count). The summed E-state index contributed by atoms with van der Waals surface area (Å²) in [7, 11) is 0. The van der Waals surface area contributed by atoms with Crippen molar-refractivity contribution in [3.05, 3.63) is 72.3 Å². The van der Waals surface area contributed by atoms with Crippen LogP contribution >= 0.6 is 0 Å². The van der Waals surface area contributed by atoms with Gasteiger partial charge in [-0.25, -0.2) is 0 Å². The third kappa shape index (κ3) is 3.20. The van der Waals surface area contributed by atoms with Crippen LogP contribution in [0.4, 0.5) is 0 Å². The molecule has 0 spiro atoms. The zero-order valence-corrected chi connectivity index (χ0v) is 18.1. The van der Waals surface area contributed by atoms with Crippen molar-refractivity contribution in [3.63, 3.8) is 0 Å². The summed E-state index contributed by atoms with van der Waals surface area (Å²) in [4.78, 5) is 0. The number of benzene rings is 2. The predicted octanol–water partition coefficient (Wildman–Crippen LogP) is -0.939. The molecule has 0 fully saturated rings. The maximum atomic E-state index is 2.32. The number of rotatable bonds is 1. The molecule has 0 saturated heterocycles. The first-order chi connectivity index (χ1) is 8.93. The van der Waals surface area contributed by atoms with Crippen molar-refractivity contribution < 1.29 is 59.8 Å². The third-order valence-electron chi connectivity index (χ3n) is 3.77. The van der Waals surface area contributed by atoms with Crippen molar-refractivity contribution in [2.24, 2.45) is 0 Å². The summed E-state index contributed by atoms with van der Waals surface area (Å²) in [5.74, 6) is 0. The summed E-state index contributed by atoms with van der Waals surface area (Å²) in [6.07, 6.45) is 7.65. The van der Waals surface area contributed by atoms with E-state index in [1.54, 1.807) is 0 Å². The van der Waals surface area contributed by atoms with E-state index in [9.17, 15) is 0 Å². The van der Waals surface area contributed by atoms with E-state index in [0.29, 0.717) is 0 Å². The molecular formula is C18H13Br2Hf-3. The van der Waals surface area contributed by atoms with Crippen molar-refractivity contribution in [1.29, 1.82) is 0 Å². The van der Waals surface area contributed by atoms with E-state index in [-0.39, 0.29) is 59.8 Å². The van der Waals surface area contributed by atoms with E-state index in [0.717, 1.165) is 6.42 Å². The Hall–Kier alpha value is -0.380. The largest absolute Gasteiger partial charge is 1.00 e. The molecule has 3 aromatic carbocycles. The average molecular weight is 568 g/mol. The fraction of sp³-hybridized carbons (Fsp3) is 0.0556. The molecule has 0 atom stereocenters. The van der Waals surface area contributed by atoms with Gasteiger partial charge in [0.2, 0.25) is 0 Å². The van der Waals surface area contributed by atoms with Crippen LogP contribution in [-0.4, -0.2) is 0 Å². The summed E-state index contributed by atoms with van der Waals surface area (Å²) >= 11 is 0. The summed E-state index contributed by atoms with van der Waals surface area (Å²) in [6.45, 7) is 0. The van der Waals surface area contributed by atoms with Gasteiger partial charge in [-0.2, -0.15) is 0 Å². The standard InChI is InChI=1S/C18H13.2BrH.Hf/c1-2-7-13(6-1)15-10-5-11-17-16-9-4-3-8-14(16)12-18(15)17;;;/h1-6,8-12H,7H2;2*1H;/q-1;;;/p-2. The maximum Gasteiger partial charge on any atom is 0 e. The van der Waals surface area contributed by atoms with Crippen molar-refractivity contribution in [1.82, 2.24) is 0 Å². The van der Waals surface area contributed by atoms with Crippen molar-refractivity contribution in [3.8, 4) is 0 Å². The molecule has 106 valence electrons. The van der Waals surface area contributed by atoms with Crippen molar-refractivity contribution in [2.45, 2.75) is 6.42 Å². The van der Waals surface area contributed by atoms with Gasteiger partial charge in [0, 0.05) is 25.8 Å². The normalized spacial score (nSPS) is 12.5. The fourth-order valence-corrected chi connectivity index (χ4v) is 2.91. The van der Waals surface area contributed by atoms with Gasteiger partial charge in [-0.05, 0) is 6.42 Å². The second kappa shape index (κ2) is 7.75. The molecule has 0 radical (unpaired) electrons. The first kappa shape index (κ1) is 18.7. The summed E-state index contributed by atoms with van der Waals surface area (Å²) in [5, 5.41) is 5.46. The quantitative estimate of drug-likeness (QED) is 0.263. The van der Waals surface area contributed by atoms with Gasteiger partial charge in [0.1, 0.15) is 0 Å². The third-order valence-corrected chi connectivity index (χ3v) is 3.77. The first-order valence-electron chi connectivity index (χ1n) is 6.37. The van der Waals surface area contributed by atoms with Gasteiger partial charge in [0.15, 0.2) is 0 Å². The van der Waals surface area contributed by atoms with Crippen LogP contribution in [-0.2, 0) is 25.8 Å². The number of hydrogen-bond donors (Lipinski definition) is 0. The Morgan fingerprint density at radius 3 is 2.38 bits per heavy atom. The molecule has 0 nitrogen and oxygen atoms in total. The van der Waals surface area contributed by atoms with Crippen LogP contribution in [0.25, 0.3) is 27.1 Å². The van der Waals surface area contributed by atoms with E-state index in [1.807, 2.05) is 0 Å². The molecule has 0 heterocycles. The van der Waals surface area contributed by atoms with E-state index >= 15 is 0 Å². The Morgan fingerprint density at radius 1 is 0.857 bits per heavy atom. The maximum absolute atomic E-state index is 2.32. The smallest absolute Gasteiger partial charge is 0 e. The zero-order chi connectivity index (χ0) is 11.9. The monoisotopic (exact) mass is 567 g/mol. The SMILES string of the molecule is C1=CCC(c2cccc3c2[cH-]c2ccccc23)=C1.[Br-].[Br-].[Hf]. The van der Waals surface area contributed by atoms with Crippen molar-refractivity contribution >= 4 is 27.1 Å². The Labute approximate surface area is 164 Å². The van der Waals surface area contributed by atoms with E-state index < -0.39 is 0 Å². The molecule has 3 heteroatoms. The number of fused-ring (bicyclic) bond motifs is 3. The molecule has 0 N–H and O–H groups in total. The second-order valence-electron chi connectivity index (χ2n) is 4.82. The molecule has 1 aliphatic carbocycles. The molecule has 0 aromatic heterocycles. The van der Waals surface area contributed by atoms with Gasteiger partial charge in [-0.3, -0.25) is 0 Å². The molecule has 0 amide bonds. The molecule has 21 heavy (non-hydrogen) atoms. The van der Waals surface area contributed by atoms with Crippen LogP contribution in [0.3, 0.4) is 0 Å². The second-order valence-corrected chi connectivity index (χ2v) is 4.82. The molecule has 0 unspecified atom stereocenters. The van der Waals surface area contributed by atoms with E-state index in [2.05, 4.69) is 66.8 Å².